The van der Waals surface area contributed by atoms with Crippen LogP contribution in [-0.2, 0) is 19.1 Å². The average molecular weight is 490 g/mol. The van der Waals surface area contributed by atoms with Gasteiger partial charge in [-0.3, -0.25) is 14.4 Å². The normalized spacial score (nSPS) is 29.7. The van der Waals surface area contributed by atoms with E-state index in [-0.39, 0.29) is 30.4 Å². The minimum Gasteiger partial charge on any atom is -0.394 e. The van der Waals surface area contributed by atoms with Gasteiger partial charge in [0.1, 0.15) is 11.6 Å². The van der Waals surface area contributed by atoms with E-state index in [4.69, 9.17) is 4.74 Å². The maximum atomic E-state index is 14.1. The number of nitrogens with zero attached hydrogens (tertiary/aromatic N) is 3. The Morgan fingerprint density at radius 3 is 2.37 bits per heavy atom. The molecule has 3 aliphatic rings. The van der Waals surface area contributed by atoms with Crippen molar-refractivity contribution in [2.75, 3.05) is 32.8 Å². The van der Waals surface area contributed by atoms with Crippen LogP contribution in [0.1, 0.15) is 59.3 Å². The van der Waals surface area contributed by atoms with Crippen molar-refractivity contribution in [1.29, 1.82) is 0 Å². The number of aliphatic hydroxyl groups excluding tert-OH is 1. The van der Waals surface area contributed by atoms with E-state index in [1.807, 2.05) is 6.92 Å². The van der Waals surface area contributed by atoms with Crippen LogP contribution in [-0.4, -0.2) is 94.1 Å². The van der Waals surface area contributed by atoms with Crippen molar-refractivity contribution in [3.8, 4) is 0 Å². The lowest BCUT2D eigenvalue weighted by Gasteiger charge is -2.38. The van der Waals surface area contributed by atoms with Crippen LogP contribution in [0.5, 0.6) is 0 Å². The smallest absolute Gasteiger partial charge is 0.248 e. The van der Waals surface area contributed by atoms with Crippen LogP contribution in [0, 0.1) is 11.8 Å². The molecule has 3 fully saturated rings. The first-order valence-electron chi connectivity index (χ1n) is 13.2. The Balaban J connectivity index is 2.00. The van der Waals surface area contributed by atoms with Gasteiger partial charge in [-0.15, -0.1) is 13.2 Å². The summed E-state index contributed by atoms with van der Waals surface area (Å²) in [6, 6.07) is -1.42. The zero-order valence-electron chi connectivity index (χ0n) is 21.7. The molecule has 3 aliphatic heterocycles. The van der Waals surface area contributed by atoms with Gasteiger partial charge < -0.3 is 24.5 Å². The number of hydrogen-bond donors (Lipinski definition) is 1. The molecule has 2 bridgehead atoms. The van der Waals surface area contributed by atoms with Gasteiger partial charge in [-0.25, -0.2) is 0 Å². The van der Waals surface area contributed by atoms with Crippen LogP contribution in [0.4, 0.5) is 0 Å². The SMILES string of the molecule is C=CCN(CCCCC)C(=O)C1N([C@H](C)CO)C(=O)[C@@H]2[C@H](C(=O)N(CC=C)CCC)[C@@H]3CCC12O3. The van der Waals surface area contributed by atoms with Crippen LogP contribution in [0.15, 0.2) is 25.3 Å². The first-order chi connectivity index (χ1) is 16.8. The molecule has 0 radical (unpaired) electrons. The summed E-state index contributed by atoms with van der Waals surface area (Å²) in [5.41, 5.74) is -1.04. The predicted octanol–water partition coefficient (Wildman–Crippen LogP) is 2.37. The van der Waals surface area contributed by atoms with Crippen molar-refractivity contribution in [1.82, 2.24) is 14.7 Å². The number of fused-ring (bicyclic) bond motifs is 1. The first-order valence-corrected chi connectivity index (χ1v) is 13.2. The molecule has 0 saturated carbocycles. The highest BCUT2D eigenvalue weighted by molar-refractivity contribution is 5.99. The first kappa shape index (κ1) is 27.4. The third kappa shape index (κ3) is 4.79. The van der Waals surface area contributed by atoms with Gasteiger partial charge in [0.25, 0.3) is 0 Å². The second-order valence-corrected chi connectivity index (χ2v) is 10.2. The lowest BCUT2D eigenvalue weighted by Crippen LogP contribution is -2.58. The number of hydrogen-bond acceptors (Lipinski definition) is 5. The minimum absolute atomic E-state index is 0.104. The Labute approximate surface area is 210 Å². The molecule has 0 aromatic heterocycles. The predicted molar refractivity (Wildman–Crippen MR) is 134 cm³/mol. The summed E-state index contributed by atoms with van der Waals surface area (Å²) in [5.74, 6) is -1.88. The zero-order valence-corrected chi connectivity index (χ0v) is 21.7. The molecule has 3 heterocycles. The van der Waals surface area contributed by atoms with E-state index >= 15 is 0 Å². The third-order valence-electron chi connectivity index (χ3n) is 7.84. The Hall–Kier alpha value is -2.19. The fourth-order valence-corrected chi connectivity index (χ4v) is 6.32. The molecular formula is C27H43N3O5. The highest BCUT2D eigenvalue weighted by Crippen LogP contribution is 2.59. The molecule has 8 nitrogen and oxygen atoms in total. The number of rotatable bonds is 14. The van der Waals surface area contributed by atoms with Gasteiger partial charge in [0, 0.05) is 26.2 Å². The van der Waals surface area contributed by atoms with E-state index in [9.17, 15) is 19.5 Å². The van der Waals surface area contributed by atoms with Gasteiger partial charge in [-0.2, -0.15) is 0 Å². The molecule has 8 heteroatoms. The number of likely N-dealkylation sites (tertiary alicyclic amines) is 1. The number of carbonyl (C=O) groups is 3. The standard InChI is InChI=1S/C27H43N3O5/c1-6-10-11-17-29(16-9-4)26(34)23-27-13-12-20(35-27)21(24(32)28(14-7-2)15-8-3)22(27)25(33)30(23)19(5)18-31/h7,9,19-23,31H,2,4,6,8,10-18H2,1,3,5H3/t19-,20+,21-,22+,23?,27?/m1/s1. The van der Waals surface area contributed by atoms with E-state index in [1.54, 1.807) is 28.9 Å². The lowest BCUT2D eigenvalue weighted by molar-refractivity contribution is -0.151. The molecule has 3 saturated heterocycles. The van der Waals surface area contributed by atoms with Crippen LogP contribution in [0.25, 0.3) is 0 Å². The van der Waals surface area contributed by atoms with Crippen molar-refractivity contribution in [3.05, 3.63) is 25.3 Å². The van der Waals surface area contributed by atoms with E-state index in [2.05, 4.69) is 20.1 Å². The number of ether oxygens (including phenoxy) is 1. The van der Waals surface area contributed by atoms with E-state index in [0.29, 0.717) is 39.0 Å². The van der Waals surface area contributed by atoms with Gasteiger partial charge in [0.15, 0.2) is 0 Å². The summed E-state index contributed by atoms with van der Waals surface area (Å²) in [6.07, 6.45) is 7.90. The van der Waals surface area contributed by atoms with Crippen LogP contribution >= 0.6 is 0 Å². The second kappa shape index (κ2) is 11.7. The third-order valence-corrected chi connectivity index (χ3v) is 7.84. The van der Waals surface area contributed by atoms with Gasteiger partial charge >= 0.3 is 0 Å². The molecule has 0 aromatic rings. The molecule has 0 aliphatic carbocycles. The summed E-state index contributed by atoms with van der Waals surface area (Å²) in [4.78, 5) is 46.7. The Kier molecular flexibility index (Phi) is 9.16. The Bertz CT molecular complexity index is 817. The largest absolute Gasteiger partial charge is 0.394 e. The van der Waals surface area contributed by atoms with Crippen molar-refractivity contribution < 1.29 is 24.2 Å². The Morgan fingerprint density at radius 1 is 1.14 bits per heavy atom. The van der Waals surface area contributed by atoms with E-state index in [1.165, 1.54) is 4.90 Å². The van der Waals surface area contributed by atoms with Crippen molar-refractivity contribution in [3.63, 3.8) is 0 Å². The van der Waals surface area contributed by atoms with Crippen LogP contribution in [0.2, 0.25) is 0 Å². The van der Waals surface area contributed by atoms with Gasteiger partial charge in [-0.05, 0) is 32.6 Å². The molecular weight excluding hydrogens is 446 g/mol. The second-order valence-electron chi connectivity index (χ2n) is 10.2. The molecule has 6 atom stereocenters. The maximum absolute atomic E-state index is 14.1. The number of carbonyl (C=O) groups excluding carboxylic acids is 3. The summed E-state index contributed by atoms with van der Waals surface area (Å²) in [6.45, 7) is 15.1. The zero-order chi connectivity index (χ0) is 25.8. The van der Waals surface area contributed by atoms with Crippen molar-refractivity contribution >= 4 is 17.7 Å². The molecule has 1 spiro atoms. The summed E-state index contributed by atoms with van der Waals surface area (Å²) >= 11 is 0. The minimum atomic E-state index is -1.04. The number of aliphatic hydroxyl groups is 1. The molecule has 35 heavy (non-hydrogen) atoms. The highest BCUT2D eigenvalue weighted by Gasteiger charge is 2.75. The molecule has 3 amide bonds. The fourth-order valence-electron chi connectivity index (χ4n) is 6.32. The van der Waals surface area contributed by atoms with Crippen molar-refractivity contribution in [2.24, 2.45) is 11.8 Å². The van der Waals surface area contributed by atoms with Crippen LogP contribution < -0.4 is 0 Å². The molecule has 0 aromatic carbocycles. The van der Waals surface area contributed by atoms with Gasteiger partial charge in [-0.1, -0.05) is 38.8 Å². The molecule has 3 rings (SSSR count). The van der Waals surface area contributed by atoms with Gasteiger partial charge in [0.05, 0.1) is 30.6 Å². The molecule has 196 valence electrons. The fraction of sp³-hybridized carbons (Fsp3) is 0.741. The molecule has 2 unspecified atom stereocenters. The quantitative estimate of drug-likeness (QED) is 0.299. The maximum Gasteiger partial charge on any atom is 0.248 e. The average Bonchev–Trinajstić information content (AvgIpc) is 3.49. The number of amides is 3. The van der Waals surface area contributed by atoms with E-state index in [0.717, 1.165) is 25.7 Å². The van der Waals surface area contributed by atoms with Crippen LogP contribution in [0.3, 0.4) is 0 Å². The summed E-state index contributed by atoms with van der Waals surface area (Å²) in [5, 5.41) is 10.00. The monoisotopic (exact) mass is 489 g/mol. The lowest BCUT2D eigenvalue weighted by atomic mass is 9.70. The highest BCUT2D eigenvalue weighted by atomic mass is 16.5. The summed E-state index contributed by atoms with van der Waals surface area (Å²) in [7, 11) is 0. The Morgan fingerprint density at radius 2 is 1.80 bits per heavy atom. The van der Waals surface area contributed by atoms with E-state index < -0.39 is 29.5 Å². The van der Waals surface area contributed by atoms with Gasteiger partial charge in [0.2, 0.25) is 17.7 Å². The molecule has 1 N–H and O–H groups in total. The number of unbranched alkanes of at least 4 members (excludes halogenated alkanes) is 2. The topological polar surface area (TPSA) is 90.4 Å². The van der Waals surface area contributed by atoms with Crippen molar-refractivity contribution in [2.45, 2.75) is 83.1 Å². The summed E-state index contributed by atoms with van der Waals surface area (Å²) < 4.78 is 6.52.